The molecule has 9 heteroatoms. The second kappa shape index (κ2) is 10.6. The van der Waals surface area contributed by atoms with Crippen molar-refractivity contribution in [3.8, 4) is 0 Å². The lowest BCUT2D eigenvalue weighted by molar-refractivity contribution is -0.347. The minimum Gasteiger partial charge on any atom is -0.396 e. The number of nitrogens with zero attached hydrogens (tertiary/aromatic N) is 3. The molecule has 0 spiro atoms. The summed E-state index contributed by atoms with van der Waals surface area (Å²) in [5.74, 6) is 1.91. The number of hydrogen-bond donors (Lipinski definition) is 4. The number of aliphatic hydroxyl groups is 1. The van der Waals surface area contributed by atoms with E-state index in [4.69, 9.17) is 10.1 Å². The zero-order valence-electron chi connectivity index (χ0n) is 20.4. The van der Waals surface area contributed by atoms with Gasteiger partial charge in [-0.25, -0.2) is 4.98 Å². The molecular weight excluding hydrogens is 442 g/mol. The minimum atomic E-state index is 0.0701. The molecule has 9 nitrogen and oxygen atoms in total. The predicted molar refractivity (Wildman–Crippen MR) is 136 cm³/mol. The number of rotatable bonds is 7. The normalized spacial score (nSPS) is 17.6. The molecule has 1 saturated heterocycles. The molecule has 1 saturated carbocycles. The zero-order valence-corrected chi connectivity index (χ0v) is 20.4. The van der Waals surface area contributed by atoms with Crippen molar-refractivity contribution in [3.05, 3.63) is 35.7 Å². The summed E-state index contributed by atoms with van der Waals surface area (Å²) in [5.41, 5.74) is 4.16. The third kappa shape index (κ3) is 5.40. The van der Waals surface area contributed by atoms with Gasteiger partial charge in [0.2, 0.25) is 5.52 Å². The molecule has 2 aliphatic rings. The lowest BCUT2D eigenvalue weighted by atomic mass is 9.93. The third-order valence-electron chi connectivity index (χ3n) is 7.44. The number of hydrogen-bond acceptors (Lipinski definition) is 6. The second-order valence-corrected chi connectivity index (χ2v) is 9.93. The number of fused-ring (bicyclic) bond motifs is 1. The molecule has 35 heavy (non-hydrogen) atoms. The van der Waals surface area contributed by atoms with Gasteiger partial charge in [-0.2, -0.15) is 4.98 Å². The molecule has 1 aromatic carbocycles. The Hall–Kier alpha value is -3.20. The number of carbonyl (C=O) groups excluding carboxylic acids is 1. The first-order chi connectivity index (χ1) is 17.1. The Bertz CT molecular complexity index is 1160. The lowest BCUT2D eigenvalue weighted by Gasteiger charge is -2.32. The van der Waals surface area contributed by atoms with E-state index in [0.717, 1.165) is 73.4 Å². The summed E-state index contributed by atoms with van der Waals surface area (Å²) in [5, 5.41) is 16.1. The molecule has 2 fully saturated rings. The molecule has 0 unspecified atom stereocenters. The minimum absolute atomic E-state index is 0.0701. The van der Waals surface area contributed by atoms with E-state index in [0.29, 0.717) is 23.5 Å². The highest BCUT2D eigenvalue weighted by Gasteiger charge is 2.24. The molecule has 2 aromatic heterocycles. The monoisotopic (exact) mass is 478 g/mol. The van der Waals surface area contributed by atoms with Crippen molar-refractivity contribution in [2.45, 2.75) is 64.3 Å². The van der Waals surface area contributed by atoms with E-state index in [1.165, 1.54) is 19.3 Å². The third-order valence-corrected chi connectivity index (χ3v) is 7.44. The Kier molecular flexibility index (Phi) is 7.13. The number of H-pyrrole nitrogens is 2. The Morgan fingerprint density at radius 3 is 2.71 bits per heavy atom. The number of carbonyl (C=O) groups is 1. The van der Waals surface area contributed by atoms with Crippen LogP contribution in [-0.4, -0.2) is 56.6 Å². The zero-order chi connectivity index (χ0) is 24.2. The summed E-state index contributed by atoms with van der Waals surface area (Å²) in [7, 11) is 0. The van der Waals surface area contributed by atoms with Crippen LogP contribution in [0.2, 0.25) is 0 Å². The standard InChI is InChI=1S/C26H35N7O2/c1-17-15-19(25(35)33-12-9-18(10-13-33)11-14-34)7-8-21(17)30-26-31-23-22(27-16-28-23)24(32-26)29-20-5-3-2-4-6-20/h7-8,15-16,18,20,34H,2-6,9-14H2,1H3,(H3,27,28,29,30,31,32)/p+1. The fourth-order valence-corrected chi connectivity index (χ4v) is 5.33. The van der Waals surface area contributed by atoms with Crippen LogP contribution in [0.5, 0.6) is 0 Å². The van der Waals surface area contributed by atoms with E-state index < -0.39 is 0 Å². The molecule has 1 amide bonds. The van der Waals surface area contributed by atoms with Crippen molar-refractivity contribution < 1.29 is 14.9 Å². The summed E-state index contributed by atoms with van der Waals surface area (Å²) < 4.78 is 0. The van der Waals surface area contributed by atoms with Gasteiger partial charge >= 0.3 is 11.6 Å². The molecule has 1 aliphatic carbocycles. The Morgan fingerprint density at radius 1 is 1.17 bits per heavy atom. The number of amides is 1. The number of imidazole rings is 1. The highest BCUT2D eigenvalue weighted by Crippen LogP contribution is 2.27. The number of benzene rings is 1. The Balaban J connectivity index is 1.29. The number of nitrogens with one attached hydrogen (secondary N) is 4. The largest absolute Gasteiger partial charge is 0.396 e. The summed E-state index contributed by atoms with van der Waals surface area (Å²) in [6.45, 7) is 3.72. The van der Waals surface area contributed by atoms with Crippen molar-refractivity contribution in [2.24, 2.45) is 5.92 Å². The van der Waals surface area contributed by atoms with Crippen LogP contribution in [0.1, 0.15) is 67.3 Å². The van der Waals surface area contributed by atoms with E-state index in [1.54, 1.807) is 6.33 Å². The second-order valence-electron chi connectivity index (χ2n) is 9.93. The van der Waals surface area contributed by atoms with Gasteiger partial charge < -0.3 is 20.6 Å². The summed E-state index contributed by atoms with van der Waals surface area (Å²) in [6, 6.07) is 6.18. The number of likely N-dealkylation sites (tertiary alicyclic amines) is 1. The maximum Gasteiger partial charge on any atom is 0.307 e. The maximum atomic E-state index is 13.1. The van der Waals surface area contributed by atoms with Crippen LogP contribution in [0.15, 0.2) is 24.5 Å². The van der Waals surface area contributed by atoms with Gasteiger partial charge in [-0.1, -0.05) is 24.2 Å². The Morgan fingerprint density at radius 2 is 1.97 bits per heavy atom. The molecule has 5 rings (SSSR count). The van der Waals surface area contributed by atoms with Gasteiger partial charge in [0.05, 0.1) is 0 Å². The van der Waals surface area contributed by atoms with Crippen molar-refractivity contribution in [3.63, 3.8) is 0 Å². The molecule has 186 valence electrons. The van der Waals surface area contributed by atoms with E-state index in [1.807, 2.05) is 30.0 Å². The van der Waals surface area contributed by atoms with Crippen LogP contribution in [-0.2, 0) is 0 Å². The van der Waals surface area contributed by atoms with Crippen molar-refractivity contribution in [1.29, 1.82) is 0 Å². The summed E-state index contributed by atoms with van der Waals surface area (Å²) in [6.07, 6.45) is 10.6. The van der Waals surface area contributed by atoms with Gasteiger partial charge in [0.15, 0.2) is 12.1 Å². The van der Waals surface area contributed by atoms with Gasteiger partial charge in [0, 0.05) is 37.0 Å². The van der Waals surface area contributed by atoms with Gasteiger partial charge in [-0.15, -0.1) is 0 Å². The van der Waals surface area contributed by atoms with Crippen LogP contribution in [0, 0.1) is 12.8 Å². The van der Waals surface area contributed by atoms with Crippen LogP contribution in [0.4, 0.5) is 17.5 Å². The fraction of sp³-hybridized carbons (Fsp3) is 0.538. The molecule has 5 N–H and O–H groups in total. The molecule has 3 aromatic rings. The number of aryl methyl sites for hydroxylation is 1. The average molecular weight is 479 g/mol. The first-order valence-electron chi connectivity index (χ1n) is 12.9. The Labute approximate surface area is 205 Å². The molecular formula is C26H36N7O2+. The molecule has 0 bridgehead atoms. The van der Waals surface area contributed by atoms with Crippen LogP contribution < -0.4 is 15.6 Å². The smallest absolute Gasteiger partial charge is 0.307 e. The maximum absolute atomic E-state index is 13.1. The quantitative estimate of drug-likeness (QED) is 0.410. The van der Waals surface area contributed by atoms with Crippen molar-refractivity contribution >= 4 is 34.5 Å². The average Bonchev–Trinajstić information content (AvgIpc) is 3.35. The summed E-state index contributed by atoms with van der Waals surface area (Å²) in [4.78, 5) is 30.8. The van der Waals surface area contributed by atoms with Crippen molar-refractivity contribution in [1.82, 2.24) is 19.9 Å². The van der Waals surface area contributed by atoms with E-state index in [2.05, 4.69) is 25.6 Å². The van der Waals surface area contributed by atoms with Crippen LogP contribution in [0.3, 0.4) is 0 Å². The number of piperidine rings is 1. The molecule has 0 atom stereocenters. The highest BCUT2D eigenvalue weighted by molar-refractivity contribution is 5.95. The molecule has 3 heterocycles. The topological polar surface area (TPSA) is 120 Å². The van der Waals surface area contributed by atoms with Crippen LogP contribution in [0.25, 0.3) is 11.2 Å². The number of aliphatic hydroxyl groups excluding tert-OH is 1. The van der Waals surface area contributed by atoms with E-state index in [-0.39, 0.29) is 12.5 Å². The number of aromatic amines is 2. The van der Waals surface area contributed by atoms with Gasteiger partial charge in [0.1, 0.15) is 0 Å². The van der Waals surface area contributed by atoms with Gasteiger partial charge in [0.25, 0.3) is 5.91 Å². The SMILES string of the molecule is Cc1cc(C(=O)N2CCC(CCO)CC2)ccc1Nc1nc(NC2CCCCC2)c2[nH]c[nH+]c2n1. The first-order valence-corrected chi connectivity index (χ1v) is 12.9. The van der Waals surface area contributed by atoms with Crippen molar-refractivity contribution in [2.75, 3.05) is 30.3 Å². The van der Waals surface area contributed by atoms with E-state index in [9.17, 15) is 4.79 Å². The van der Waals surface area contributed by atoms with Gasteiger partial charge in [-0.3, -0.25) is 9.78 Å². The predicted octanol–water partition coefficient (Wildman–Crippen LogP) is 3.80. The van der Waals surface area contributed by atoms with Crippen LogP contribution >= 0.6 is 0 Å². The number of anilines is 3. The summed E-state index contributed by atoms with van der Waals surface area (Å²) >= 11 is 0. The fourth-order valence-electron chi connectivity index (χ4n) is 5.33. The molecule has 0 radical (unpaired) electrons. The number of aromatic nitrogens is 4. The lowest BCUT2D eigenvalue weighted by Crippen LogP contribution is -2.38. The van der Waals surface area contributed by atoms with E-state index >= 15 is 0 Å². The molecule has 1 aliphatic heterocycles. The first kappa shape index (κ1) is 23.5. The highest BCUT2D eigenvalue weighted by atomic mass is 16.3. The van der Waals surface area contributed by atoms with Gasteiger partial charge in [-0.05, 0) is 68.7 Å².